The van der Waals surface area contributed by atoms with Crippen LogP contribution < -0.4 is 5.73 Å². The first-order valence-electron chi connectivity index (χ1n) is 5.92. The van der Waals surface area contributed by atoms with Gasteiger partial charge in [-0.05, 0) is 30.9 Å². The molecular weight excluding hydrogens is 196 g/mol. The van der Waals surface area contributed by atoms with E-state index >= 15 is 0 Å². The summed E-state index contributed by atoms with van der Waals surface area (Å²) in [6.07, 6.45) is 1.03. The molecule has 0 bridgehead atoms. The summed E-state index contributed by atoms with van der Waals surface area (Å²) < 4.78 is 0. The van der Waals surface area contributed by atoms with Crippen molar-refractivity contribution in [2.75, 3.05) is 0 Å². The molecule has 86 valence electrons. The Hall–Kier alpha value is -1.28. The second-order valence-electron chi connectivity index (χ2n) is 4.95. The fourth-order valence-corrected chi connectivity index (χ4v) is 2.40. The largest absolute Gasteiger partial charge is 0.358 e. The van der Waals surface area contributed by atoms with Crippen molar-refractivity contribution in [3.05, 3.63) is 35.5 Å². The van der Waals surface area contributed by atoms with E-state index in [1.54, 1.807) is 0 Å². The van der Waals surface area contributed by atoms with Gasteiger partial charge in [0.25, 0.3) is 0 Å². The highest BCUT2D eigenvalue weighted by Gasteiger charge is 2.15. The Kier molecular flexibility index (Phi) is 3.01. The molecule has 2 aromatic rings. The number of fused-ring (bicyclic) bond motifs is 1. The van der Waals surface area contributed by atoms with Crippen molar-refractivity contribution in [2.24, 2.45) is 11.7 Å². The van der Waals surface area contributed by atoms with Crippen molar-refractivity contribution in [3.8, 4) is 0 Å². The molecule has 0 aliphatic rings. The molecule has 16 heavy (non-hydrogen) atoms. The molecule has 1 heterocycles. The molecule has 0 aliphatic carbocycles. The molecule has 0 radical (unpaired) electrons. The number of hydrogen-bond donors (Lipinski definition) is 2. The van der Waals surface area contributed by atoms with Gasteiger partial charge in [-0.15, -0.1) is 0 Å². The summed E-state index contributed by atoms with van der Waals surface area (Å²) in [7, 11) is 0. The molecule has 0 amide bonds. The fourth-order valence-electron chi connectivity index (χ4n) is 2.40. The Bertz CT molecular complexity index is 482. The van der Waals surface area contributed by atoms with Crippen molar-refractivity contribution in [1.29, 1.82) is 0 Å². The van der Waals surface area contributed by atoms with E-state index in [2.05, 4.69) is 50.0 Å². The van der Waals surface area contributed by atoms with Gasteiger partial charge in [0.05, 0.1) is 0 Å². The lowest BCUT2D eigenvalue weighted by molar-refractivity contribution is 0.510. The first-order valence-corrected chi connectivity index (χ1v) is 5.92. The first-order chi connectivity index (χ1) is 7.59. The van der Waals surface area contributed by atoms with Crippen LogP contribution in [0.15, 0.2) is 24.3 Å². The van der Waals surface area contributed by atoms with Gasteiger partial charge in [0.15, 0.2) is 0 Å². The SMILES string of the molecule is Cc1[nH]c2ccccc2c1[C@H](N)CC(C)C. The van der Waals surface area contributed by atoms with E-state index in [1.165, 1.54) is 22.2 Å². The lowest BCUT2D eigenvalue weighted by atomic mass is 9.96. The lowest BCUT2D eigenvalue weighted by Gasteiger charge is -2.14. The van der Waals surface area contributed by atoms with E-state index in [-0.39, 0.29) is 6.04 Å². The van der Waals surface area contributed by atoms with Crippen molar-refractivity contribution < 1.29 is 0 Å². The number of nitrogens with one attached hydrogen (secondary N) is 1. The van der Waals surface area contributed by atoms with Crippen LogP contribution in [0.2, 0.25) is 0 Å². The van der Waals surface area contributed by atoms with Crippen molar-refractivity contribution in [2.45, 2.75) is 33.2 Å². The topological polar surface area (TPSA) is 41.8 Å². The summed E-state index contributed by atoms with van der Waals surface area (Å²) in [5.74, 6) is 0.628. The Balaban J connectivity index is 2.46. The monoisotopic (exact) mass is 216 g/mol. The standard InChI is InChI=1S/C14H20N2/c1-9(2)8-12(15)14-10(3)16-13-7-5-4-6-11(13)14/h4-7,9,12,16H,8,15H2,1-3H3/t12-/m1/s1. The van der Waals surface area contributed by atoms with Crippen molar-refractivity contribution in [1.82, 2.24) is 4.98 Å². The average molecular weight is 216 g/mol. The minimum atomic E-state index is 0.135. The molecule has 3 N–H and O–H groups in total. The molecule has 0 spiro atoms. The molecule has 0 saturated heterocycles. The number of aromatic amines is 1. The van der Waals surface area contributed by atoms with Crippen LogP contribution in [0.5, 0.6) is 0 Å². The minimum Gasteiger partial charge on any atom is -0.358 e. The van der Waals surface area contributed by atoms with Crippen LogP contribution in [0.1, 0.15) is 37.6 Å². The average Bonchev–Trinajstić information content (AvgIpc) is 2.52. The zero-order valence-electron chi connectivity index (χ0n) is 10.2. The van der Waals surface area contributed by atoms with E-state index in [4.69, 9.17) is 5.73 Å². The number of hydrogen-bond acceptors (Lipinski definition) is 1. The van der Waals surface area contributed by atoms with E-state index in [0.717, 1.165) is 6.42 Å². The molecule has 0 unspecified atom stereocenters. The molecular formula is C14H20N2. The summed E-state index contributed by atoms with van der Waals surface area (Å²) in [6.45, 7) is 6.53. The molecule has 1 aromatic heterocycles. The van der Waals surface area contributed by atoms with Gasteiger partial charge in [0, 0.05) is 22.6 Å². The molecule has 0 aliphatic heterocycles. The van der Waals surface area contributed by atoms with Crippen LogP contribution in [0.4, 0.5) is 0 Å². The van der Waals surface area contributed by atoms with Gasteiger partial charge in [0.1, 0.15) is 0 Å². The summed E-state index contributed by atoms with van der Waals surface area (Å²) in [6, 6.07) is 8.51. The second-order valence-corrected chi connectivity index (χ2v) is 4.95. The van der Waals surface area contributed by atoms with Crippen molar-refractivity contribution in [3.63, 3.8) is 0 Å². The number of para-hydroxylation sites is 1. The molecule has 0 saturated carbocycles. The third-order valence-electron chi connectivity index (χ3n) is 3.04. The highest BCUT2D eigenvalue weighted by molar-refractivity contribution is 5.85. The van der Waals surface area contributed by atoms with E-state index < -0.39 is 0 Å². The molecule has 1 aromatic carbocycles. The Morgan fingerprint density at radius 2 is 1.94 bits per heavy atom. The number of H-pyrrole nitrogens is 1. The van der Waals surface area contributed by atoms with Crippen LogP contribution in [0.3, 0.4) is 0 Å². The molecule has 1 atom stereocenters. The summed E-state index contributed by atoms with van der Waals surface area (Å²) >= 11 is 0. The number of nitrogens with two attached hydrogens (primary N) is 1. The minimum absolute atomic E-state index is 0.135. The Morgan fingerprint density at radius 1 is 1.25 bits per heavy atom. The van der Waals surface area contributed by atoms with E-state index in [9.17, 15) is 0 Å². The smallest absolute Gasteiger partial charge is 0.0459 e. The van der Waals surface area contributed by atoms with E-state index in [0.29, 0.717) is 5.92 Å². The second kappa shape index (κ2) is 4.30. The van der Waals surface area contributed by atoms with Gasteiger partial charge in [-0.1, -0.05) is 32.0 Å². The summed E-state index contributed by atoms with van der Waals surface area (Å²) in [4.78, 5) is 3.40. The fraction of sp³-hybridized carbons (Fsp3) is 0.429. The van der Waals surface area contributed by atoms with Crippen LogP contribution >= 0.6 is 0 Å². The van der Waals surface area contributed by atoms with Crippen LogP contribution in [-0.2, 0) is 0 Å². The van der Waals surface area contributed by atoms with Gasteiger partial charge in [-0.25, -0.2) is 0 Å². The highest BCUT2D eigenvalue weighted by atomic mass is 14.7. The highest BCUT2D eigenvalue weighted by Crippen LogP contribution is 2.29. The lowest BCUT2D eigenvalue weighted by Crippen LogP contribution is -2.13. The predicted octanol–water partition coefficient (Wildman–Crippen LogP) is 3.52. The molecule has 0 fully saturated rings. The number of aromatic nitrogens is 1. The van der Waals surface area contributed by atoms with Gasteiger partial charge in [-0.3, -0.25) is 0 Å². The molecule has 2 rings (SSSR count). The van der Waals surface area contributed by atoms with E-state index in [1.807, 2.05) is 0 Å². The summed E-state index contributed by atoms with van der Waals surface area (Å²) in [5.41, 5.74) is 9.96. The van der Waals surface area contributed by atoms with Crippen LogP contribution in [-0.4, -0.2) is 4.98 Å². The maximum atomic E-state index is 6.29. The first kappa shape index (κ1) is 11.2. The third kappa shape index (κ3) is 1.98. The maximum Gasteiger partial charge on any atom is 0.0459 e. The van der Waals surface area contributed by atoms with Crippen molar-refractivity contribution >= 4 is 10.9 Å². The normalized spacial score (nSPS) is 13.6. The van der Waals surface area contributed by atoms with Crippen LogP contribution in [0.25, 0.3) is 10.9 Å². The summed E-state index contributed by atoms with van der Waals surface area (Å²) in [5, 5.41) is 1.27. The van der Waals surface area contributed by atoms with Gasteiger partial charge in [0.2, 0.25) is 0 Å². The zero-order valence-corrected chi connectivity index (χ0v) is 10.2. The van der Waals surface area contributed by atoms with Gasteiger partial charge in [-0.2, -0.15) is 0 Å². The van der Waals surface area contributed by atoms with Gasteiger partial charge < -0.3 is 10.7 Å². The zero-order chi connectivity index (χ0) is 11.7. The molecule has 2 heteroatoms. The number of rotatable bonds is 3. The number of benzene rings is 1. The third-order valence-corrected chi connectivity index (χ3v) is 3.04. The Morgan fingerprint density at radius 3 is 2.62 bits per heavy atom. The number of aryl methyl sites for hydroxylation is 1. The predicted molar refractivity (Wildman–Crippen MR) is 69.4 cm³/mol. The Labute approximate surface area is 96.9 Å². The molecule has 2 nitrogen and oxygen atoms in total. The maximum absolute atomic E-state index is 6.29. The van der Waals surface area contributed by atoms with Gasteiger partial charge >= 0.3 is 0 Å². The van der Waals surface area contributed by atoms with Crippen LogP contribution in [0, 0.1) is 12.8 Å². The quantitative estimate of drug-likeness (QED) is 0.809.